The number of methoxy groups -OCH3 is 1. The Balaban J connectivity index is 1.88. The molecule has 1 aliphatic carbocycles. The number of aliphatic hydroxyl groups is 6. The largest absolute Gasteiger partial charge is 0.471 e. The van der Waals surface area contributed by atoms with Crippen LogP contribution < -0.4 is 0 Å². The predicted octanol–water partition coefficient (Wildman–Crippen LogP) is -2.89. The fourth-order valence-corrected chi connectivity index (χ4v) is 4.16. The lowest BCUT2D eigenvalue weighted by molar-refractivity contribution is -0.351. The first-order valence-corrected chi connectivity index (χ1v) is 8.92. The molecule has 11 heteroatoms. The summed E-state index contributed by atoms with van der Waals surface area (Å²) >= 11 is 0. The van der Waals surface area contributed by atoms with Crippen molar-refractivity contribution in [3.05, 3.63) is 11.8 Å². The van der Waals surface area contributed by atoms with Crippen molar-refractivity contribution >= 4 is 5.97 Å². The van der Waals surface area contributed by atoms with E-state index in [0.717, 1.165) is 13.4 Å². The molecule has 0 spiro atoms. The van der Waals surface area contributed by atoms with Crippen LogP contribution in [0.4, 0.5) is 0 Å². The van der Waals surface area contributed by atoms with Crippen molar-refractivity contribution < 1.29 is 54.4 Å². The van der Waals surface area contributed by atoms with Gasteiger partial charge in [0.25, 0.3) is 0 Å². The van der Waals surface area contributed by atoms with E-state index in [2.05, 4.69) is 4.74 Å². The Labute approximate surface area is 160 Å². The maximum Gasteiger partial charge on any atom is 0.339 e. The summed E-state index contributed by atoms with van der Waals surface area (Å²) in [5.41, 5.74) is -3.49. The lowest BCUT2D eigenvalue weighted by Gasteiger charge is -2.46. The molecule has 0 aromatic rings. The van der Waals surface area contributed by atoms with Gasteiger partial charge in [-0.15, -0.1) is 0 Å². The number of carbonyl (C=O) groups excluding carboxylic acids is 1. The molecule has 0 bridgehead atoms. The molecule has 6 N–H and O–H groups in total. The third-order valence-corrected chi connectivity index (χ3v) is 5.78. The molecule has 2 aliphatic heterocycles. The lowest BCUT2D eigenvalue weighted by Crippen LogP contribution is -2.62. The van der Waals surface area contributed by atoms with Gasteiger partial charge in [0, 0.05) is 0 Å². The summed E-state index contributed by atoms with van der Waals surface area (Å²) in [4.78, 5) is 12.0. The van der Waals surface area contributed by atoms with E-state index in [1.807, 2.05) is 0 Å². The topological polar surface area (TPSA) is 175 Å². The van der Waals surface area contributed by atoms with Crippen LogP contribution in [-0.4, -0.2) is 98.5 Å². The van der Waals surface area contributed by atoms with Gasteiger partial charge >= 0.3 is 5.97 Å². The van der Waals surface area contributed by atoms with Gasteiger partial charge in [-0.05, 0) is 19.8 Å². The lowest BCUT2D eigenvalue weighted by atomic mass is 9.77. The molecule has 0 aromatic heterocycles. The highest BCUT2D eigenvalue weighted by atomic mass is 16.8. The van der Waals surface area contributed by atoms with Crippen molar-refractivity contribution in [2.45, 2.75) is 68.0 Å². The number of hydrogen-bond donors (Lipinski definition) is 6. The van der Waals surface area contributed by atoms with E-state index < -0.39 is 66.7 Å². The van der Waals surface area contributed by atoms with Gasteiger partial charge in [-0.2, -0.15) is 0 Å². The number of carbonyl (C=O) groups is 1. The molecule has 0 radical (unpaired) electrons. The summed E-state index contributed by atoms with van der Waals surface area (Å²) in [6, 6.07) is 0. The third kappa shape index (κ3) is 3.31. The summed E-state index contributed by atoms with van der Waals surface area (Å²) in [5, 5.41) is 61.1. The molecule has 1 saturated carbocycles. The van der Waals surface area contributed by atoms with Gasteiger partial charge in [0.05, 0.1) is 31.5 Å². The van der Waals surface area contributed by atoms with Crippen LogP contribution in [0.2, 0.25) is 0 Å². The fourth-order valence-electron chi connectivity index (χ4n) is 4.16. The van der Waals surface area contributed by atoms with Crippen molar-refractivity contribution in [3.63, 3.8) is 0 Å². The number of rotatable bonds is 4. The summed E-state index contributed by atoms with van der Waals surface area (Å²) in [7, 11) is 1.14. The Hall–Kier alpha value is -1.31. The van der Waals surface area contributed by atoms with Crippen molar-refractivity contribution in [2.75, 3.05) is 13.7 Å². The van der Waals surface area contributed by atoms with Crippen molar-refractivity contribution in [1.29, 1.82) is 0 Å². The molecule has 0 amide bonds. The van der Waals surface area contributed by atoms with Gasteiger partial charge in [-0.3, -0.25) is 0 Å². The first-order chi connectivity index (χ1) is 13.1. The summed E-state index contributed by atoms with van der Waals surface area (Å²) < 4.78 is 20.9. The highest BCUT2D eigenvalue weighted by Crippen LogP contribution is 2.52. The number of aliphatic hydroxyl groups excluding tert-OH is 4. The van der Waals surface area contributed by atoms with Crippen LogP contribution in [0, 0.1) is 5.92 Å². The smallest absolute Gasteiger partial charge is 0.339 e. The Kier molecular flexibility index (Phi) is 5.73. The SMILES string of the molecule is COC(=O)C1=CO[C@@H](O[C@H]2O[C@@H](CO)[C@H](O)[C@@H](O)[C@@H]2O)[C@@H]2[C@@](C)(O)CC[C@]12O. The molecule has 3 rings (SSSR count). The number of hydrogen-bond acceptors (Lipinski definition) is 11. The Bertz CT molecular complexity index is 633. The summed E-state index contributed by atoms with van der Waals surface area (Å²) in [6.07, 6.45) is -7.88. The number of ether oxygens (including phenoxy) is 4. The second-order valence-corrected chi connectivity index (χ2v) is 7.62. The Morgan fingerprint density at radius 1 is 1.18 bits per heavy atom. The molecule has 28 heavy (non-hydrogen) atoms. The Morgan fingerprint density at radius 3 is 2.46 bits per heavy atom. The molecular formula is C17H26O11. The fraction of sp³-hybridized carbons (Fsp3) is 0.824. The van der Waals surface area contributed by atoms with Crippen LogP contribution in [0.25, 0.3) is 0 Å². The average Bonchev–Trinajstić information content (AvgIpc) is 2.92. The minimum atomic E-state index is -1.81. The highest BCUT2D eigenvalue weighted by molar-refractivity contribution is 5.90. The van der Waals surface area contributed by atoms with Gasteiger partial charge in [-0.1, -0.05) is 0 Å². The maximum absolute atomic E-state index is 12.0. The standard InChI is InChI=1S/C17H26O11/c1-16(23)3-4-17(24)7(13(22)25-2)6-26-15(12(16)17)28-14-11(21)10(20)9(19)8(5-18)27-14/h6,8-12,14-15,18-21,23-24H,3-5H2,1-2H3/t8-,9-,10+,11-,12+,14+,15-,16-,17-/m0/s1. The van der Waals surface area contributed by atoms with Crippen LogP contribution in [0.3, 0.4) is 0 Å². The van der Waals surface area contributed by atoms with E-state index >= 15 is 0 Å². The number of fused-ring (bicyclic) bond motifs is 1. The molecule has 3 aliphatic rings. The van der Waals surface area contributed by atoms with Crippen LogP contribution in [0.5, 0.6) is 0 Å². The van der Waals surface area contributed by atoms with Gasteiger partial charge in [-0.25, -0.2) is 4.79 Å². The quantitative estimate of drug-likeness (QED) is 0.264. The van der Waals surface area contributed by atoms with E-state index in [9.17, 15) is 35.4 Å². The van der Waals surface area contributed by atoms with E-state index in [0.29, 0.717) is 0 Å². The van der Waals surface area contributed by atoms with Gasteiger partial charge in [0.1, 0.15) is 35.6 Å². The molecule has 0 unspecified atom stereocenters. The van der Waals surface area contributed by atoms with Crippen LogP contribution in [-0.2, 0) is 23.7 Å². The first kappa shape index (κ1) is 21.4. The van der Waals surface area contributed by atoms with Crippen LogP contribution in [0.1, 0.15) is 19.8 Å². The molecule has 2 fully saturated rings. The summed E-state index contributed by atoms with van der Waals surface area (Å²) in [5.74, 6) is -1.97. The van der Waals surface area contributed by atoms with E-state index in [4.69, 9.17) is 14.2 Å². The minimum absolute atomic E-state index is 0.0313. The van der Waals surface area contributed by atoms with Crippen molar-refractivity contribution in [3.8, 4) is 0 Å². The second-order valence-electron chi connectivity index (χ2n) is 7.62. The molecular weight excluding hydrogens is 380 g/mol. The van der Waals surface area contributed by atoms with Gasteiger partial charge in [0.2, 0.25) is 6.29 Å². The molecule has 0 aromatic carbocycles. The molecule has 1 saturated heterocycles. The molecule has 160 valence electrons. The van der Waals surface area contributed by atoms with Gasteiger partial charge < -0.3 is 49.6 Å². The third-order valence-electron chi connectivity index (χ3n) is 5.78. The predicted molar refractivity (Wildman–Crippen MR) is 88.1 cm³/mol. The zero-order valence-electron chi connectivity index (χ0n) is 15.5. The molecule has 9 atom stereocenters. The van der Waals surface area contributed by atoms with Crippen LogP contribution in [0.15, 0.2) is 11.8 Å². The van der Waals surface area contributed by atoms with Crippen molar-refractivity contribution in [1.82, 2.24) is 0 Å². The van der Waals surface area contributed by atoms with Gasteiger partial charge in [0.15, 0.2) is 6.29 Å². The minimum Gasteiger partial charge on any atom is -0.471 e. The van der Waals surface area contributed by atoms with Crippen molar-refractivity contribution in [2.24, 2.45) is 5.92 Å². The normalized spacial score (nSPS) is 48.4. The first-order valence-electron chi connectivity index (χ1n) is 8.92. The molecule has 2 heterocycles. The highest BCUT2D eigenvalue weighted by Gasteiger charge is 2.64. The van der Waals surface area contributed by atoms with Crippen LogP contribution >= 0.6 is 0 Å². The summed E-state index contributed by atoms with van der Waals surface area (Å²) in [6.45, 7) is 0.802. The molecule has 11 nitrogen and oxygen atoms in total. The van der Waals surface area contributed by atoms with E-state index in [1.165, 1.54) is 6.92 Å². The monoisotopic (exact) mass is 406 g/mol. The maximum atomic E-state index is 12.0. The van der Waals surface area contributed by atoms with E-state index in [1.54, 1.807) is 0 Å². The zero-order valence-corrected chi connectivity index (χ0v) is 15.5. The van der Waals surface area contributed by atoms with E-state index in [-0.39, 0.29) is 18.4 Å². The second kappa shape index (κ2) is 7.50. The Morgan fingerprint density at radius 2 is 1.86 bits per heavy atom. The average molecular weight is 406 g/mol. The number of esters is 1. The zero-order chi connectivity index (χ0) is 20.9.